The van der Waals surface area contributed by atoms with Crippen LogP contribution in [0.3, 0.4) is 0 Å². The van der Waals surface area contributed by atoms with E-state index in [9.17, 15) is 19.8 Å². The van der Waals surface area contributed by atoms with Crippen LogP contribution in [0.25, 0.3) is 0 Å². The summed E-state index contributed by atoms with van der Waals surface area (Å²) in [6.07, 6.45) is 0. The number of anilines is 1. The molecule has 1 amide bonds. The number of benzene rings is 2. The smallest absolute Gasteiger partial charge is 0.339 e. The minimum absolute atomic E-state index is 0.0432. The van der Waals surface area contributed by atoms with Gasteiger partial charge in [-0.1, -0.05) is 11.6 Å². The topological polar surface area (TPSA) is 107 Å². The van der Waals surface area contributed by atoms with Gasteiger partial charge in [0.05, 0.1) is 10.6 Å². The van der Waals surface area contributed by atoms with Crippen molar-refractivity contribution in [2.24, 2.45) is 0 Å². The molecule has 4 N–H and O–H groups in total. The molecule has 2 rings (SSSR count). The first-order valence-corrected chi connectivity index (χ1v) is 6.12. The summed E-state index contributed by atoms with van der Waals surface area (Å²) in [5.41, 5.74) is -0.119. The van der Waals surface area contributed by atoms with E-state index in [1.54, 1.807) is 0 Å². The van der Waals surface area contributed by atoms with Crippen LogP contribution in [-0.2, 0) is 0 Å². The molecule has 2 aromatic carbocycles. The number of hydrogen-bond donors (Lipinski definition) is 4. The van der Waals surface area contributed by atoms with E-state index in [0.29, 0.717) is 0 Å². The van der Waals surface area contributed by atoms with Crippen LogP contribution in [0.4, 0.5) is 5.69 Å². The third-order valence-corrected chi connectivity index (χ3v) is 3.01. The van der Waals surface area contributed by atoms with E-state index >= 15 is 0 Å². The van der Waals surface area contributed by atoms with Crippen molar-refractivity contribution >= 4 is 29.2 Å². The Morgan fingerprint density at radius 1 is 1.00 bits per heavy atom. The molecule has 0 bridgehead atoms. The highest BCUT2D eigenvalue weighted by Gasteiger charge is 2.14. The summed E-state index contributed by atoms with van der Waals surface area (Å²) >= 11 is 5.86. The quantitative estimate of drug-likeness (QED) is 0.652. The first-order valence-electron chi connectivity index (χ1n) is 5.74. The summed E-state index contributed by atoms with van der Waals surface area (Å²) in [4.78, 5) is 22.9. The summed E-state index contributed by atoms with van der Waals surface area (Å²) in [5.74, 6) is -2.46. The van der Waals surface area contributed by atoms with E-state index in [1.807, 2.05) is 0 Å². The zero-order valence-electron chi connectivity index (χ0n) is 10.5. The van der Waals surface area contributed by atoms with Gasteiger partial charge in [0.2, 0.25) is 0 Å². The average molecular weight is 308 g/mol. The lowest BCUT2D eigenvalue weighted by Crippen LogP contribution is -2.13. The molecule has 21 heavy (non-hydrogen) atoms. The SMILES string of the molecule is O=C(O)c1cc(NC(=O)c2cc(O)ccc2Cl)ccc1O. The molecule has 0 unspecified atom stereocenters. The monoisotopic (exact) mass is 307 g/mol. The molecule has 0 radical (unpaired) electrons. The maximum absolute atomic E-state index is 12.0. The second-order valence-electron chi connectivity index (χ2n) is 4.16. The highest BCUT2D eigenvalue weighted by Crippen LogP contribution is 2.24. The fourth-order valence-corrected chi connectivity index (χ4v) is 1.87. The van der Waals surface area contributed by atoms with Crippen molar-refractivity contribution in [1.82, 2.24) is 0 Å². The number of carboxylic acids is 1. The van der Waals surface area contributed by atoms with Crippen LogP contribution < -0.4 is 5.32 Å². The van der Waals surface area contributed by atoms with Crippen LogP contribution in [0.1, 0.15) is 20.7 Å². The molecule has 0 fully saturated rings. The highest BCUT2D eigenvalue weighted by atomic mass is 35.5. The van der Waals surface area contributed by atoms with Gasteiger partial charge in [0.15, 0.2) is 0 Å². The van der Waals surface area contributed by atoms with Crippen molar-refractivity contribution < 1.29 is 24.9 Å². The first-order chi connectivity index (χ1) is 9.88. The van der Waals surface area contributed by atoms with Crippen molar-refractivity contribution in [1.29, 1.82) is 0 Å². The third-order valence-electron chi connectivity index (χ3n) is 2.68. The molecular formula is C14H10ClNO5. The Morgan fingerprint density at radius 3 is 2.38 bits per heavy atom. The Kier molecular flexibility index (Phi) is 4.00. The van der Waals surface area contributed by atoms with E-state index in [0.717, 1.165) is 12.1 Å². The molecule has 0 heterocycles. The molecule has 0 saturated carbocycles. The number of amides is 1. The number of nitrogens with one attached hydrogen (secondary N) is 1. The maximum Gasteiger partial charge on any atom is 0.339 e. The van der Waals surface area contributed by atoms with Gasteiger partial charge >= 0.3 is 5.97 Å². The Labute approximate surface area is 124 Å². The lowest BCUT2D eigenvalue weighted by molar-refractivity contribution is 0.0693. The molecule has 0 aliphatic carbocycles. The van der Waals surface area contributed by atoms with Crippen molar-refractivity contribution in [3.8, 4) is 11.5 Å². The standard InChI is InChI=1S/C14H10ClNO5/c15-11-3-2-8(17)6-9(11)13(19)16-7-1-4-12(18)10(5-7)14(20)21/h1-6,17-18H,(H,16,19)(H,20,21). The Bertz CT molecular complexity index is 729. The van der Waals surface area contributed by atoms with Gasteiger partial charge < -0.3 is 20.6 Å². The molecule has 6 nitrogen and oxygen atoms in total. The number of phenolic OH excluding ortho intramolecular Hbond substituents is 1. The number of aromatic carboxylic acids is 1. The number of halogens is 1. The minimum atomic E-state index is -1.32. The van der Waals surface area contributed by atoms with Crippen LogP contribution in [0.15, 0.2) is 36.4 Å². The summed E-state index contributed by atoms with van der Waals surface area (Å²) in [6.45, 7) is 0. The summed E-state index contributed by atoms with van der Waals surface area (Å²) < 4.78 is 0. The minimum Gasteiger partial charge on any atom is -0.508 e. The number of carbonyl (C=O) groups excluding carboxylic acids is 1. The summed E-state index contributed by atoms with van der Waals surface area (Å²) in [7, 11) is 0. The van der Waals surface area contributed by atoms with E-state index in [1.165, 1.54) is 24.3 Å². The Morgan fingerprint density at radius 2 is 1.71 bits per heavy atom. The van der Waals surface area contributed by atoms with Crippen LogP contribution in [0.2, 0.25) is 5.02 Å². The molecule has 7 heteroatoms. The molecule has 2 aromatic rings. The van der Waals surface area contributed by atoms with Gasteiger partial charge in [-0.25, -0.2) is 4.79 Å². The first kappa shape index (κ1) is 14.7. The summed E-state index contributed by atoms with van der Waals surface area (Å²) in [6, 6.07) is 7.51. The number of rotatable bonds is 3. The predicted octanol–water partition coefficient (Wildman–Crippen LogP) is 2.70. The Hall–Kier alpha value is -2.73. The fourth-order valence-electron chi connectivity index (χ4n) is 1.67. The molecule has 0 saturated heterocycles. The van der Waals surface area contributed by atoms with Gasteiger partial charge in [-0.3, -0.25) is 4.79 Å². The van der Waals surface area contributed by atoms with Crippen LogP contribution in [-0.4, -0.2) is 27.2 Å². The van der Waals surface area contributed by atoms with Gasteiger partial charge in [-0.2, -0.15) is 0 Å². The second kappa shape index (κ2) is 5.72. The number of aromatic hydroxyl groups is 2. The van der Waals surface area contributed by atoms with Gasteiger partial charge in [-0.15, -0.1) is 0 Å². The van der Waals surface area contributed by atoms with E-state index in [-0.39, 0.29) is 27.6 Å². The van der Waals surface area contributed by atoms with Gasteiger partial charge in [0, 0.05) is 5.69 Å². The largest absolute Gasteiger partial charge is 0.508 e. The molecular weight excluding hydrogens is 298 g/mol. The molecule has 0 aliphatic rings. The Balaban J connectivity index is 2.29. The lowest BCUT2D eigenvalue weighted by atomic mass is 10.1. The number of carboxylic acid groups (broad SMARTS) is 1. The van der Waals surface area contributed by atoms with E-state index in [2.05, 4.69) is 5.32 Å². The zero-order valence-corrected chi connectivity index (χ0v) is 11.3. The van der Waals surface area contributed by atoms with Crippen molar-refractivity contribution in [2.45, 2.75) is 0 Å². The van der Waals surface area contributed by atoms with Gasteiger partial charge in [0.1, 0.15) is 17.1 Å². The summed E-state index contributed by atoms with van der Waals surface area (Å²) in [5, 5.41) is 30.2. The fraction of sp³-hybridized carbons (Fsp3) is 0. The zero-order chi connectivity index (χ0) is 15.6. The average Bonchev–Trinajstić information content (AvgIpc) is 2.43. The van der Waals surface area contributed by atoms with Crippen molar-refractivity contribution in [2.75, 3.05) is 5.32 Å². The van der Waals surface area contributed by atoms with Crippen LogP contribution in [0, 0.1) is 0 Å². The van der Waals surface area contributed by atoms with Crippen molar-refractivity contribution in [3.63, 3.8) is 0 Å². The number of phenols is 2. The molecule has 0 atom stereocenters. The highest BCUT2D eigenvalue weighted by molar-refractivity contribution is 6.34. The predicted molar refractivity (Wildman–Crippen MR) is 76.1 cm³/mol. The maximum atomic E-state index is 12.0. The van der Waals surface area contributed by atoms with Crippen LogP contribution >= 0.6 is 11.6 Å². The van der Waals surface area contributed by atoms with Gasteiger partial charge in [0.25, 0.3) is 5.91 Å². The molecule has 0 spiro atoms. The second-order valence-corrected chi connectivity index (χ2v) is 4.56. The third kappa shape index (κ3) is 3.24. The van der Waals surface area contributed by atoms with Crippen molar-refractivity contribution in [3.05, 3.63) is 52.5 Å². The van der Waals surface area contributed by atoms with E-state index in [4.69, 9.17) is 16.7 Å². The number of carbonyl (C=O) groups is 2. The lowest BCUT2D eigenvalue weighted by Gasteiger charge is -2.08. The van der Waals surface area contributed by atoms with E-state index < -0.39 is 17.6 Å². The normalized spacial score (nSPS) is 10.1. The number of hydrogen-bond acceptors (Lipinski definition) is 4. The van der Waals surface area contributed by atoms with Crippen LogP contribution in [0.5, 0.6) is 11.5 Å². The van der Waals surface area contributed by atoms with Gasteiger partial charge in [-0.05, 0) is 36.4 Å². The molecule has 0 aliphatic heterocycles. The molecule has 108 valence electrons. The molecule has 0 aromatic heterocycles.